The van der Waals surface area contributed by atoms with Gasteiger partial charge in [0, 0.05) is 0 Å². The minimum absolute atomic E-state index is 0.00417. The number of hydrogen-bond donors (Lipinski definition) is 4. The second-order valence-electron chi connectivity index (χ2n) is 3.19. The van der Waals surface area contributed by atoms with Crippen molar-refractivity contribution in [3.05, 3.63) is 23.7 Å². The van der Waals surface area contributed by atoms with Crippen molar-refractivity contribution >= 4 is 5.97 Å². The first-order valence-corrected chi connectivity index (χ1v) is 4.19. The van der Waals surface area contributed by atoms with E-state index in [1.54, 1.807) is 0 Å². The SMILES string of the molecule is CCC1(O)C(O)=C(O)C=CC1C(=O)O. The summed E-state index contributed by atoms with van der Waals surface area (Å²) in [5.41, 5.74) is -1.91. The summed E-state index contributed by atoms with van der Waals surface area (Å²) in [6.45, 7) is 1.53. The van der Waals surface area contributed by atoms with Crippen molar-refractivity contribution in [2.24, 2.45) is 5.92 Å². The fourth-order valence-corrected chi connectivity index (χ4v) is 1.47. The zero-order valence-corrected chi connectivity index (χ0v) is 7.64. The van der Waals surface area contributed by atoms with Crippen molar-refractivity contribution in [3.8, 4) is 0 Å². The highest BCUT2D eigenvalue weighted by Gasteiger charge is 2.45. The van der Waals surface area contributed by atoms with Crippen molar-refractivity contribution in [1.29, 1.82) is 0 Å². The predicted octanol–water partition coefficient (Wildman–Crippen LogP) is 0.726. The molecule has 5 heteroatoms. The van der Waals surface area contributed by atoms with E-state index in [9.17, 15) is 15.0 Å². The van der Waals surface area contributed by atoms with Gasteiger partial charge in [-0.3, -0.25) is 4.79 Å². The van der Waals surface area contributed by atoms with E-state index in [0.717, 1.165) is 12.2 Å². The topological polar surface area (TPSA) is 98.0 Å². The number of aliphatic hydroxyl groups is 3. The van der Waals surface area contributed by atoms with E-state index >= 15 is 0 Å². The maximum atomic E-state index is 10.8. The number of carbonyl (C=O) groups is 1. The highest BCUT2D eigenvalue weighted by atomic mass is 16.4. The number of carboxylic acid groups (broad SMARTS) is 1. The molecule has 14 heavy (non-hydrogen) atoms. The van der Waals surface area contributed by atoms with Crippen LogP contribution in [0.15, 0.2) is 23.7 Å². The average molecular weight is 200 g/mol. The number of allylic oxidation sites excluding steroid dienone is 1. The molecule has 2 unspecified atom stereocenters. The second-order valence-corrected chi connectivity index (χ2v) is 3.19. The molecule has 0 aromatic heterocycles. The Balaban J connectivity index is 3.18. The van der Waals surface area contributed by atoms with E-state index in [0.29, 0.717) is 0 Å². The largest absolute Gasteiger partial charge is 0.506 e. The summed E-state index contributed by atoms with van der Waals surface area (Å²) in [6.07, 6.45) is 2.23. The standard InChI is InChI=1S/C9H12O5/c1-2-9(14)5(8(12)13)3-4-6(10)7(9)11/h3-5,10-11,14H,2H2,1H3,(H,12,13). The summed E-state index contributed by atoms with van der Waals surface area (Å²) in [5, 5.41) is 37.1. The van der Waals surface area contributed by atoms with Gasteiger partial charge in [0.05, 0.1) is 0 Å². The van der Waals surface area contributed by atoms with Crippen LogP contribution in [0.1, 0.15) is 13.3 Å². The van der Waals surface area contributed by atoms with Gasteiger partial charge in [-0.15, -0.1) is 0 Å². The van der Waals surface area contributed by atoms with Crippen LogP contribution < -0.4 is 0 Å². The van der Waals surface area contributed by atoms with Gasteiger partial charge in [0.15, 0.2) is 11.5 Å². The van der Waals surface area contributed by atoms with Crippen molar-refractivity contribution in [2.75, 3.05) is 0 Å². The zero-order chi connectivity index (χ0) is 10.9. The third-order valence-corrected chi connectivity index (χ3v) is 2.42. The number of carboxylic acids is 1. The van der Waals surface area contributed by atoms with Crippen LogP contribution in [0, 0.1) is 5.92 Å². The minimum atomic E-state index is -1.91. The second kappa shape index (κ2) is 3.34. The third-order valence-electron chi connectivity index (χ3n) is 2.42. The molecule has 0 radical (unpaired) electrons. The molecule has 0 aliphatic heterocycles. The molecule has 0 amide bonds. The quantitative estimate of drug-likeness (QED) is 0.526. The summed E-state index contributed by atoms with van der Waals surface area (Å²) in [6, 6.07) is 0. The number of rotatable bonds is 2. The van der Waals surface area contributed by atoms with Crippen LogP contribution >= 0.6 is 0 Å². The van der Waals surface area contributed by atoms with Gasteiger partial charge in [-0.25, -0.2) is 0 Å². The molecule has 0 saturated heterocycles. The minimum Gasteiger partial charge on any atom is -0.506 e. The van der Waals surface area contributed by atoms with E-state index in [-0.39, 0.29) is 6.42 Å². The first-order chi connectivity index (χ1) is 6.43. The van der Waals surface area contributed by atoms with Crippen molar-refractivity contribution in [2.45, 2.75) is 18.9 Å². The molecular weight excluding hydrogens is 188 g/mol. The van der Waals surface area contributed by atoms with E-state index in [1.807, 2.05) is 0 Å². The van der Waals surface area contributed by atoms with Crippen LogP contribution in [0.5, 0.6) is 0 Å². The van der Waals surface area contributed by atoms with Crippen molar-refractivity contribution in [1.82, 2.24) is 0 Å². The van der Waals surface area contributed by atoms with Crippen LogP contribution in [-0.2, 0) is 4.79 Å². The molecule has 0 fully saturated rings. The molecule has 0 heterocycles. The average Bonchev–Trinajstić information content (AvgIpc) is 2.13. The van der Waals surface area contributed by atoms with Gasteiger partial charge in [-0.05, 0) is 12.5 Å². The van der Waals surface area contributed by atoms with Gasteiger partial charge >= 0.3 is 5.97 Å². The van der Waals surface area contributed by atoms with E-state index in [4.69, 9.17) is 10.2 Å². The summed E-state index contributed by atoms with van der Waals surface area (Å²) in [7, 11) is 0. The Bertz CT molecular complexity index is 317. The monoisotopic (exact) mass is 200 g/mol. The normalized spacial score (nSPS) is 32.0. The first-order valence-electron chi connectivity index (χ1n) is 4.19. The summed E-state index contributed by atoms with van der Waals surface area (Å²) in [4.78, 5) is 10.8. The summed E-state index contributed by atoms with van der Waals surface area (Å²) in [5.74, 6) is -3.66. The van der Waals surface area contributed by atoms with Crippen molar-refractivity contribution < 1.29 is 25.2 Å². The Morgan fingerprint density at radius 2 is 2.14 bits per heavy atom. The van der Waals surface area contributed by atoms with E-state index in [1.165, 1.54) is 6.92 Å². The lowest BCUT2D eigenvalue weighted by molar-refractivity contribution is -0.148. The number of hydrogen-bond acceptors (Lipinski definition) is 4. The smallest absolute Gasteiger partial charge is 0.313 e. The molecule has 0 bridgehead atoms. The lowest BCUT2D eigenvalue weighted by Gasteiger charge is -2.32. The van der Waals surface area contributed by atoms with Crippen LogP contribution in [0.4, 0.5) is 0 Å². The maximum absolute atomic E-state index is 10.8. The van der Waals surface area contributed by atoms with Gasteiger partial charge in [-0.1, -0.05) is 13.0 Å². The van der Waals surface area contributed by atoms with Crippen molar-refractivity contribution in [3.63, 3.8) is 0 Å². The van der Waals surface area contributed by atoms with Gasteiger partial charge in [0.25, 0.3) is 0 Å². The molecule has 0 saturated carbocycles. The van der Waals surface area contributed by atoms with Gasteiger partial charge < -0.3 is 20.4 Å². The predicted molar refractivity (Wildman–Crippen MR) is 47.8 cm³/mol. The molecule has 1 aliphatic carbocycles. The molecule has 78 valence electrons. The third kappa shape index (κ3) is 1.35. The Kier molecular flexibility index (Phi) is 2.53. The van der Waals surface area contributed by atoms with Crippen LogP contribution in [0.3, 0.4) is 0 Å². The fraction of sp³-hybridized carbons (Fsp3) is 0.444. The molecule has 5 nitrogen and oxygen atoms in total. The summed E-state index contributed by atoms with van der Waals surface area (Å²) >= 11 is 0. The van der Waals surface area contributed by atoms with Gasteiger partial charge in [0.1, 0.15) is 11.5 Å². The Morgan fingerprint density at radius 1 is 1.57 bits per heavy atom. The van der Waals surface area contributed by atoms with Gasteiger partial charge in [-0.2, -0.15) is 0 Å². The highest BCUT2D eigenvalue weighted by molar-refractivity contribution is 5.75. The van der Waals surface area contributed by atoms with Gasteiger partial charge in [0.2, 0.25) is 0 Å². The maximum Gasteiger partial charge on any atom is 0.313 e. The fourth-order valence-electron chi connectivity index (χ4n) is 1.47. The molecule has 4 N–H and O–H groups in total. The summed E-state index contributed by atoms with van der Waals surface area (Å²) < 4.78 is 0. The van der Waals surface area contributed by atoms with Crippen LogP contribution in [0.25, 0.3) is 0 Å². The Morgan fingerprint density at radius 3 is 2.57 bits per heavy atom. The first kappa shape index (κ1) is 10.6. The molecule has 0 aromatic carbocycles. The lowest BCUT2D eigenvalue weighted by atomic mass is 9.80. The molecular formula is C9H12O5. The number of aliphatic hydroxyl groups excluding tert-OH is 2. The molecule has 0 aromatic rings. The molecule has 1 aliphatic rings. The molecule has 2 atom stereocenters. The molecule has 1 rings (SSSR count). The van der Waals surface area contributed by atoms with Crippen LogP contribution in [0.2, 0.25) is 0 Å². The Labute approximate surface area is 80.6 Å². The highest BCUT2D eigenvalue weighted by Crippen LogP contribution is 2.34. The number of aliphatic carboxylic acids is 1. The van der Waals surface area contributed by atoms with E-state index in [2.05, 4.69) is 0 Å². The lowest BCUT2D eigenvalue weighted by Crippen LogP contribution is -2.44. The van der Waals surface area contributed by atoms with E-state index < -0.39 is 29.0 Å². The Hall–Kier alpha value is -1.49. The molecule has 0 spiro atoms. The zero-order valence-electron chi connectivity index (χ0n) is 7.64. The van der Waals surface area contributed by atoms with Crippen LogP contribution in [-0.4, -0.2) is 32.0 Å².